The van der Waals surface area contributed by atoms with E-state index in [-0.39, 0.29) is 11.8 Å². The molecule has 1 unspecified atom stereocenters. The highest BCUT2D eigenvalue weighted by molar-refractivity contribution is 6.37. The summed E-state index contributed by atoms with van der Waals surface area (Å²) in [7, 11) is 0. The predicted octanol–water partition coefficient (Wildman–Crippen LogP) is 3.53. The summed E-state index contributed by atoms with van der Waals surface area (Å²) in [4.78, 5) is 20.7. The van der Waals surface area contributed by atoms with Crippen LogP contribution in [0.15, 0.2) is 48.8 Å². The summed E-state index contributed by atoms with van der Waals surface area (Å²) in [6.45, 7) is 0. The zero-order chi connectivity index (χ0) is 17.5. The van der Waals surface area contributed by atoms with E-state index in [1.165, 1.54) is 6.42 Å². The fourth-order valence-electron chi connectivity index (χ4n) is 2.99. The van der Waals surface area contributed by atoms with Crippen LogP contribution in [0.5, 0.6) is 0 Å². The number of esters is 1. The Morgan fingerprint density at radius 3 is 2.44 bits per heavy atom. The van der Waals surface area contributed by atoms with Gasteiger partial charge in [-0.15, -0.1) is 0 Å². The third kappa shape index (κ3) is 4.62. The van der Waals surface area contributed by atoms with Gasteiger partial charge in [-0.2, -0.15) is 0 Å². The van der Waals surface area contributed by atoms with E-state index < -0.39 is 12.0 Å². The molecule has 1 aromatic carbocycles. The third-order valence-electron chi connectivity index (χ3n) is 4.31. The zero-order valence-electron chi connectivity index (χ0n) is 14.0. The van der Waals surface area contributed by atoms with Gasteiger partial charge in [-0.1, -0.05) is 36.8 Å². The monoisotopic (exact) mass is 338 g/mol. The molecule has 1 aliphatic rings. The molecule has 0 spiro atoms. The Labute approximate surface area is 147 Å². The number of ether oxygens (including phenoxy) is 1. The van der Waals surface area contributed by atoms with Crippen molar-refractivity contribution < 1.29 is 9.53 Å². The second kappa shape index (κ2) is 8.37. The Hall–Kier alpha value is -2.76. The van der Waals surface area contributed by atoms with Gasteiger partial charge < -0.3 is 10.1 Å². The lowest BCUT2D eigenvalue weighted by molar-refractivity contribution is -0.142. The van der Waals surface area contributed by atoms with Crippen LogP contribution in [0.2, 0.25) is 0 Å². The number of rotatable bonds is 6. The van der Waals surface area contributed by atoms with Gasteiger partial charge in [0.1, 0.15) is 17.9 Å². The van der Waals surface area contributed by atoms with E-state index in [9.17, 15) is 4.79 Å². The molecule has 0 radical (unpaired) electrons. The molecule has 0 saturated heterocycles. The van der Waals surface area contributed by atoms with Gasteiger partial charge in [0, 0.05) is 12.4 Å². The molecule has 6 nitrogen and oxygen atoms in total. The standard InChI is InChI=1S/C19H22N4O2/c20-16(18(24)25-15-10-5-2-6-11-15)17(14-8-3-1-4-9-14)23-19-21-12-7-13-22-19/h1,3-4,7-9,12-13,15,17,20H,2,5-6,10-11H2,(H,21,22,23). The summed E-state index contributed by atoms with van der Waals surface area (Å²) >= 11 is 0. The van der Waals surface area contributed by atoms with E-state index in [1.807, 2.05) is 30.3 Å². The highest BCUT2D eigenvalue weighted by Gasteiger charge is 2.27. The molecule has 0 amide bonds. The lowest BCUT2D eigenvalue weighted by Gasteiger charge is -2.24. The first-order chi connectivity index (χ1) is 12.2. The summed E-state index contributed by atoms with van der Waals surface area (Å²) in [5.41, 5.74) is 0.657. The number of benzene rings is 1. The maximum atomic E-state index is 12.5. The quantitative estimate of drug-likeness (QED) is 0.621. The largest absolute Gasteiger partial charge is 0.458 e. The van der Waals surface area contributed by atoms with Crippen molar-refractivity contribution in [3.8, 4) is 0 Å². The normalized spacial score (nSPS) is 16.0. The first-order valence-corrected chi connectivity index (χ1v) is 8.62. The fraction of sp³-hybridized carbons (Fsp3) is 0.368. The van der Waals surface area contributed by atoms with E-state index in [4.69, 9.17) is 10.1 Å². The number of hydrogen-bond acceptors (Lipinski definition) is 6. The van der Waals surface area contributed by atoms with E-state index >= 15 is 0 Å². The molecule has 25 heavy (non-hydrogen) atoms. The smallest absolute Gasteiger partial charge is 0.354 e. The molecule has 1 aliphatic carbocycles. The van der Waals surface area contributed by atoms with Gasteiger partial charge in [0.15, 0.2) is 0 Å². The SMILES string of the molecule is N=C(C(=O)OC1CCCCC1)C(Nc1ncccn1)c1ccccc1. The molecule has 1 saturated carbocycles. The van der Waals surface area contributed by atoms with Crippen molar-refractivity contribution >= 4 is 17.6 Å². The summed E-state index contributed by atoms with van der Waals surface area (Å²) in [6, 6.07) is 10.4. The van der Waals surface area contributed by atoms with E-state index in [1.54, 1.807) is 18.5 Å². The Morgan fingerprint density at radius 2 is 1.76 bits per heavy atom. The maximum absolute atomic E-state index is 12.5. The van der Waals surface area contributed by atoms with Crippen molar-refractivity contribution in [1.82, 2.24) is 9.97 Å². The molecule has 2 N–H and O–H groups in total. The fourth-order valence-corrected chi connectivity index (χ4v) is 2.99. The number of carbonyl (C=O) groups excluding carboxylic acids is 1. The van der Waals surface area contributed by atoms with E-state index in [0.717, 1.165) is 31.2 Å². The van der Waals surface area contributed by atoms with E-state index in [2.05, 4.69) is 15.3 Å². The lowest BCUT2D eigenvalue weighted by Crippen LogP contribution is -2.32. The van der Waals surface area contributed by atoms with Crippen molar-refractivity contribution in [3.05, 3.63) is 54.4 Å². The van der Waals surface area contributed by atoms with Crippen molar-refractivity contribution in [3.63, 3.8) is 0 Å². The summed E-state index contributed by atoms with van der Waals surface area (Å²) in [5, 5.41) is 11.4. The Bertz CT molecular complexity index is 700. The molecule has 1 fully saturated rings. The molecule has 2 aromatic rings. The number of anilines is 1. The van der Waals surface area contributed by atoms with Crippen LogP contribution in [-0.2, 0) is 9.53 Å². The molecular weight excluding hydrogens is 316 g/mol. The van der Waals surface area contributed by atoms with Gasteiger partial charge in [-0.25, -0.2) is 14.8 Å². The van der Waals surface area contributed by atoms with Crippen LogP contribution >= 0.6 is 0 Å². The number of aromatic nitrogens is 2. The molecule has 0 aliphatic heterocycles. The highest BCUT2D eigenvalue weighted by atomic mass is 16.5. The minimum atomic E-state index is -0.653. The van der Waals surface area contributed by atoms with Crippen molar-refractivity contribution in [2.24, 2.45) is 0 Å². The van der Waals surface area contributed by atoms with Crippen LogP contribution in [-0.4, -0.2) is 27.8 Å². The van der Waals surface area contributed by atoms with Gasteiger partial charge >= 0.3 is 5.97 Å². The van der Waals surface area contributed by atoms with Gasteiger partial charge in [-0.05, 0) is 37.3 Å². The van der Waals surface area contributed by atoms with Gasteiger partial charge in [0.2, 0.25) is 5.95 Å². The topological polar surface area (TPSA) is 88.0 Å². The van der Waals surface area contributed by atoms with Gasteiger partial charge in [0.05, 0.1) is 0 Å². The summed E-state index contributed by atoms with van der Waals surface area (Å²) < 4.78 is 5.55. The number of nitrogens with zero attached hydrogens (tertiary/aromatic N) is 2. The van der Waals surface area contributed by atoms with Crippen LogP contribution in [0.4, 0.5) is 5.95 Å². The van der Waals surface area contributed by atoms with Crippen LogP contribution in [0, 0.1) is 5.41 Å². The minimum absolute atomic E-state index is 0.0778. The van der Waals surface area contributed by atoms with E-state index in [0.29, 0.717) is 5.95 Å². The second-order valence-corrected chi connectivity index (χ2v) is 6.14. The molecule has 3 rings (SSSR count). The number of hydrogen-bond donors (Lipinski definition) is 2. The van der Waals surface area contributed by atoms with Gasteiger partial charge in [-0.3, -0.25) is 5.41 Å². The van der Waals surface area contributed by atoms with Crippen LogP contribution in [0.25, 0.3) is 0 Å². The molecular formula is C19H22N4O2. The number of carbonyl (C=O) groups is 1. The Balaban J connectivity index is 1.75. The average molecular weight is 338 g/mol. The highest BCUT2D eigenvalue weighted by Crippen LogP contribution is 2.23. The first kappa shape index (κ1) is 17.1. The average Bonchev–Trinajstić information content (AvgIpc) is 2.68. The van der Waals surface area contributed by atoms with Gasteiger partial charge in [0.25, 0.3) is 0 Å². The first-order valence-electron chi connectivity index (χ1n) is 8.62. The lowest BCUT2D eigenvalue weighted by atomic mass is 9.97. The number of nitrogens with one attached hydrogen (secondary N) is 2. The summed E-state index contributed by atoms with van der Waals surface area (Å²) in [6.07, 6.45) is 8.24. The zero-order valence-corrected chi connectivity index (χ0v) is 14.0. The molecule has 1 atom stereocenters. The van der Waals surface area contributed by atoms with Crippen LogP contribution in [0.1, 0.15) is 43.7 Å². The molecule has 1 aromatic heterocycles. The Morgan fingerprint density at radius 1 is 1.08 bits per heavy atom. The predicted molar refractivity (Wildman–Crippen MR) is 95.5 cm³/mol. The summed E-state index contributed by atoms with van der Waals surface area (Å²) in [5.74, 6) is -0.212. The van der Waals surface area contributed by atoms with Crippen LogP contribution in [0.3, 0.4) is 0 Å². The van der Waals surface area contributed by atoms with Crippen molar-refractivity contribution in [2.45, 2.75) is 44.2 Å². The molecule has 130 valence electrons. The van der Waals surface area contributed by atoms with Crippen molar-refractivity contribution in [1.29, 1.82) is 5.41 Å². The molecule has 0 bridgehead atoms. The maximum Gasteiger partial charge on any atom is 0.354 e. The van der Waals surface area contributed by atoms with Crippen molar-refractivity contribution in [2.75, 3.05) is 5.32 Å². The minimum Gasteiger partial charge on any atom is -0.458 e. The third-order valence-corrected chi connectivity index (χ3v) is 4.31. The van der Waals surface area contributed by atoms with Crippen LogP contribution < -0.4 is 5.32 Å². The molecule has 6 heteroatoms. The second-order valence-electron chi connectivity index (χ2n) is 6.14. The Kier molecular flexibility index (Phi) is 5.72. The molecule has 1 heterocycles.